The summed E-state index contributed by atoms with van der Waals surface area (Å²) < 4.78 is 7.39. The molecule has 0 unspecified atom stereocenters. The minimum atomic E-state index is -0.440. The van der Waals surface area contributed by atoms with Crippen LogP contribution in [0.2, 0.25) is 5.02 Å². The van der Waals surface area contributed by atoms with E-state index in [-0.39, 0.29) is 22.6 Å². The summed E-state index contributed by atoms with van der Waals surface area (Å²) in [7, 11) is 0. The van der Waals surface area contributed by atoms with Crippen LogP contribution in [0.3, 0.4) is 0 Å². The van der Waals surface area contributed by atoms with Crippen molar-refractivity contribution in [1.82, 2.24) is 14.6 Å². The molecule has 6 nitrogen and oxygen atoms in total. The molecule has 0 fully saturated rings. The Morgan fingerprint density at radius 3 is 2.67 bits per heavy atom. The number of aromatic nitrogens is 3. The van der Waals surface area contributed by atoms with Crippen LogP contribution in [-0.4, -0.2) is 21.2 Å². The second-order valence-corrected chi connectivity index (χ2v) is 8.11. The number of rotatable bonds is 6. The lowest BCUT2D eigenvalue weighted by molar-refractivity contribution is 0.317. The van der Waals surface area contributed by atoms with E-state index in [1.165, 1.54) is 4.52 Å². The van der Waals surface area contributed by atoms with Gasteiger partial charge in [-0.1, -0.05) is 60.2 Å². The highest BCUT2D eigenvalue weighted by atomic mass is 35.5. The predicted octanol–water partition coefficient (Wildman–Crippen LogP) is 3.09. The molecule has 0 aliphatic heterocycles. The molecule has 0 amide bonds. The van der Waals surface area contributed by atoms with E-state index >= 15 is 0 Å². The number of hydrogen-bond acceptors (Lipinski definition) is 6. The van der Waals surface area contributed by atoms with Crippen molar-refractivity contribution in [3.05, 3.63) is 95.6 Å². The van der Waals surface area contributed by atoms with Crippen molar-refractivity contribution in [1.29, 1.82) is 0 Å². The number of ether oxygens (including phenoxy) is 1. The molecule has 2 heterocycles. The van der Waals surface area contributed by atoms with E-state index in [4.69, 9.17) is 16.3 Å². The average molecular weight is 440 g/mol. The van der Waals surface area contributed by atoms with Gasteiger partial charge in [0.15, 0.2) is 0 Å². The number of halogens is 1. The quantitative estimate of drug-likeness (QED) is 0.461. The molecule has 4 aromatic rings. The highest BCUT2D eigenvalue weighted by molar-refractivity contribution is 7.15. The van der Waals surface area contributed by atoms with Gasteiger partial charge in [-0.2, -0.15) is 14.6 Å². The van der Waals surface area contributed by atoms with E-state index in [2.05, 4.69) is 10.1 Å². The molecular formula is C22H18ClN3O3S. The normalized spacial score (nSPS) is 11.9. The highest BCUT2D eigenvalue weighted by Crippen LogP contribution is 2.19. The number of thiazole rings is 1. The first kappa shape index (κ1) is 20.3. The standard InChI is InChI=1S/C22H18ClN3O3S/c1-2-11-29-18-6-4-3-5-15(18)13-19-21(28)26-22(30-19)24-20(27)17(25-26)12-14-7-9-16(23)10-8-14/h3-10,13H,2,11-12H2,1H3/b19-13-. The van der Waals surface area contributed by atoms with Gasteiger partial charge in [0.1, 0.15) is 11.4 Å². The molecule has 4 rings (SSSR count). The summed E-state index contributed by atoms with van der Waals surface area (Å²) in [5, 5.41) is 4.89. The van der Waals surface area contributed by atoms with Gasteiger partial charge in [0.25, 0.3) is 11.1 Å². The number of fused-ring (bicyclic) bond motifs is 1. The molecule has 0 bridgehead atoms. The third kappa shape index (κ3) is 4.27. The van der Waals surface area contributed by atoms with Crippen molar-refractivity contribution in [2.45, 2.75) is 19.8 Å². The summed E-state index contributed by atoms with van der Waals surface area (Å²) in [6.07, 6.45) is 2.90. The largest absolute Gasteiger partial charge is 0.493 e. The summed E-state index contributed by atoms with van der Waals surface area (Å²) in [6.45, 7) is 2.62. The van der Waals surface area contributed by atoms with Crippen molar-refractivity contribution in [3.8, 4) is 5.75 Å². The molecule has 30 heavy (non-hydrogen) atoms. The van der Waals surface area contributed by atoms with Crippen molar-refractivity contribution >= 4 is 34.0 Å². The van der Waals surface area contributed by atoms with Crippen LogP contribution in [0.15, 0.2) is 58.1 Å². The molecular weight excluding hydrogens is 422 g/mol. The zero-order valence-corrected chi connectivity index (χ0v) is 17.7. The van der Waals surface area contributed by atoms with Gasteiger partial charge in [0.2, 0.25) is 4.96 Å². The van der Waals surface area contributed by atoms with E-state index < -0.39 is 5.56 Å². The second-order valence-electron chi connectivity index (χ2n) is 6.66. The summed E-state index contributed by atoms with van der Waals surface area (Å²) in [4.78, 5) is 29.7. The number of benzene rings is 2. The predicted molar refractivity (Wildman–Crippen MR) is 119 cm³/mol. The van der Waals surface area contributed by atoms with Gasteiger partial charge in [-0.05, 0) is 36.3 Å². The molecule has 0 radical (unpaired) electrons. The van der Waals surface area contributed by atoms with Crippen LogP contribution in [0.25, 0.3) is 11.0 Å². The molecule has 0 spiro atoms. The fraction of sp³-hybridized carbons (Fsp3) is 0.182. The third-order valence-corrected chi connectivity index (χ3v) is 5.61. The van der Waals surface area contributed by atoms with Gasteiger partial charge in [-0.15, -0.1) is 0 Å². The lowest BCUT2D eigenvalue weighted by Gasteiger charge is -2.07. The van der Waals surface area contributed by atoms with Crippen molar-refractivity contribution < 1.29 is 4.74 Å². The first-order valence-corrected chi connectivity index (χ1v) is 10.7. The molecule has 0 saturated carbocycles. The summed E-state index contributed by atoms with van der Waals surface area (Å²) in [5.41, 5.74) is 1.11. The van der Waals surface area contributed by atoms with Crippen LogP contribution in [-0.2, 0) is 6.42 Å². The lowest BCUT2D eigenvalue weighted by atomic mass is 10.1. The van der Waals surface area contributed by atoms with Gasteiger partial charge in [0, 0.05) is 17.0 Å². The molecule has 0 aliphatic rings. The Morgan fingerprint density at radius 1 is 1.13 bits per heavy atom. The summed E-state index contributed by atoms with van der Waals surface area (Å²) in [5.74, 6) is 0.704. The Kier molecular flexibility index (Phi) is 5.92. The Hall–Kier alpha value is -3.03. The number of para-hydroxylation sites is 1. The SMILES string of the molecule is CCCOc1ccccc1/C=c1\sc2nc(=O)c(Cc3ccc(Cl)cc3)nn2c1=O. The van der Waals surface area contributed by atoms with Gasteiger partial charge in [-0.25, -0.2) is 0 Å². The summed E-state index contributed by atoms with van der Waals surface area (Å²) >= 11 is 7.04. The Bertz CT molecular complexity index is 1360. The maximum Gasteiger partial charge on any atom is 0.296 e. The Morgan fingerprint density at radius 2 is 1.90 bits per heavy atom. The van der Waals surface area contributed by atoms with E-state index in [0.29, 0.717) is 21.9 Å². The smallest absolute Gasteiger partial charge is 0.296 e. The van der Waals surface area contributed by atoms with Gasteiger partial charge < -0.3 is 4.74 Å². The van der Waals surface area contributed by atoms with Gasteiger partial charge >= 0.3 is 0 Å². The molecule has 0 atom stereocenters. The number of nitrogens with zero attached hydrogens (tertiary/aromatic N) is 3. The molecule has 8 heteroatoms. The van der Waals surface area contributed by atoms with Gasteiger partial charge in [0.05, 0.1) is 11.1 Å². The second kappa shape index (κ2) is 8.77. The lowest BCUT2D eigenvalue weighted by Crippen LogP contribution is -2.28. The topological polar surface area (TPSA) is 73.6 Å². The zero-order valence-electron chi connectivity index (χ0n) is 16.2. The molecule has 152 valence electrons. The minimum Gasteiger partial charge on any atom is -0.493 e. The van der Waals surface area contributed by atoms with Crippen LogP contribution in [0.1, 0.15) is 30.2 Å². The van der Waals surface area contributed by atoms with Crippen LogP contribution in [0, 0.1) is 0 Å². The highest BCUT2D eigenvalue weighted by Gasteiger charge is 2.12. The fourth-order valence-electron chi connectivity index (χ4n) is 2.93. The monoisotopic (exact) mass is 439 g/mol. The Labute approximate surface area is 181 Å². The van der Waals surface area contributed by atoms with E-state index in [1.54, 1.807) is 18.2 Å². The molecule has 2 aromatic carbocycles. The average Bonchev–Trinajstić information content (AvgIpc) is 3.04. The first-order chi connectivity index (χ1) is 14.5. The van der Waals surface area contributed by atoms with E-state index in [9.17, 15) is 9.59 Å². The van der Waals surface area contributed by atoms with Crippen molar-refractivity contribution in [2.24, 2.45) is 0 Å². The maximum absolute atomic E-state index is 12.9. The molecule has 0 N–H and O–H groups in total. The van der Waals surface area contributed by atoms with Crippen LogP contribution >= 0.6 is 22.9 Å². The Balaban J connectivity index is 1.76. The molecule has 0 aliphatic carbocycles. The van der Waals surface area contributed by atoms with Crippen LogP contribution in [0.4, 0.5) is 0 Å². The van der Waals surface area contributed by atoms with Crippen LogP contribution in [0.5, 0.6) is 5.75 Å². The van der Waals surface area contributed by atoms with E-state index in [1.807, 2.05) is 43.3 Å². The van der Waals surface area contributed by atoms with Crippen molar-refractivity contribution in [3.63, 3.8) is 0 Å². The third-order valence-electron chi connectivity index (χ3n) is 4.40. The van der Waals surface area contributed by atoms with E-state index in [0.717, 1.165) is 28.9 Å². The van der Waals surface area contributed by atoms with Crippen molar-refractivity contribution in [2.75, 3.05) is 6.61 Å². The van der Waals surface area contributed by atoms with Crippen LogP contribution < -0.4 is 20.4 Å². The maximum atomic E-state index is 12.9. The minimum absolute atomic E-state index is 0.211. The van der Waals surface area contributed by atoms with Gasteiger partial charge in [-0.3, -0.25) is 9.59 Å². The first-order valence-electron chi connectivity index (χ1n) is 9.46. The number of hydrogen-bond donors (Lipinski definition) is 0. The molecule has 2 aromatic heterocycles. The summed E-state index contributed by atoms with van der Waals surface area (Å²) in [6, 6.07) is 14.6. The molecule has 0 saturated heterocycles. The zero-order chi connectivity index (χ0) is 21.1. The fourth-order valence-corrected chi connectivity index (χ4v) is 3.95.